The van der Waals surface area contributed by atoms with Crippen LogP contribution in [0.15, 0.2) is 23.1 Å². The molecule has 0 bridgehead atoms. The fraction of sp³-hybridized carbons (Fsp3) is 0.526. The lowest BCUT2D eigenvalue weighted by Crippen LogP contribution is -2.45. The highest BCUT2D eigenvalue weighted by Crippen LogP contribution is 2.17. The van der Waals surface area contributed by atoms with Gasteiger partial charge in [-0.05, 0) is 49.9 Å². The molecule has 3 amide bonds. The first-order valence-corrected chi connectivity index (χ1v) is 11.0. The number of rotatable bonds is 8. The van der Waals surface area contributed by atoms with Crippen LogP contribution in [0.2, 0.25) is 0 Å². The lowest BCUT2D eigenvalue weighted by molar-refractivity contribution is -0.148. The van der Waals surface area contributed by atoms with Crippen LogP contribution in [0.1, 0.15) is 43.2 Å². The topological polar surface area (TPSA) is 131 Å². The van der Waals surface area contributed by atoms with Gasteiger partial charge in [0.2, 0.25) is 10.0 Å². The third-order valence-corrected chi connectivity index (χ3v) is 6.18. The molecule has 0 aliphatic heterocycles. The molecule has 0 radical (unpaired) electrons. The largest absolute Gasteiger partial charge is 0.456 e. The van der Waals surface area contributed by atoms with Crippen molar-refractivity contribution in [3.05, 3.63) is 29.3 Å². The van der Waals surface area contributed by atoms with Crippen molar-refractivity contribution in [3.8, 4) is 0 Å². The molecule has 0 spiro atoms. The van der Waals surface area contributed by atoms with Crippen molar-refractivity contribution in [2.45, 2.75) is 56.9 Å². The van der Waals surface area contributed by atoms with Crippen LogP contribution in [0.3, 0.4) is 0 Å². The number of urea groups is 1. The number of aryl methyl sites for hydroxylation is 2. The van der Waals surface area contributed by atoms with Gasteiger partial charge in [-0.25, -0.2) is 17.9 Å². The van der Waals surface area contributed by atoms with Crippen LogP contribution in [-0.4, -0.2) is 45.5 Å². The molecule has 160 valence electrons. The van der Waals surface area contributed by atoms with Crippen molar-refractivity contribution in [1.82, 2.24) is 15.4 Å². The molecule has 1 aromatic rings. The lowest BCUT2D eigenvalue weighted by Gasteiger charge is -2.12. The minimum absolute atomic E-state index is 0.0655. The van der Waals surface area contributed by atoms with Gasteiger partial charge in [0, 0.05) is 12.6 Å². The van der Waals surface area contributed by atoms with Gasteiger partial charge in [0.05, 0.1) is 11.3 Å². The molecule has 0 unspecified atom stereocenters. The Hall–Kier alpha value is -2.46. The van der Waals surface area contributed by atoms with E-state index in [0.29, 0.717) is 0 Å². The monoisotopic (exact) mass is 425 g/mol. The predicted octanol–water partition coefficient (Wildman–Crippen LogP) is 1.28. The van der Waals surface area contributed by atoms with Gasteiger partial charge in [-0.1, -0.05) is 18.9 Å². The number of nitrogens with one attached hydrogen (secondary N) is 3. The molecule has 3 N–H and O–H groups in total. The summed E-state index contributed by atoms with van der Waals surface area (Å²) in [6.45, 7) is 2.91. The maximum Gasteiger partial charge on any atom is 0.321 e. The number of imide groups is 1. The summed E-state index contributed by atoms with van der Waals surface area (Å²) in [6, 6.07) is 4.20. The van der Waals surface area contributed by atoms with E-state index in [1.165, 1.54) is 6.07 Å². The smallest absolute Gasteiger partial charge is 0.321 e. The van der Waals surface area contributed by atoms with Gasteiger partial charge in [-0.15, -0.1) is 0 Å². The quantitative estimate of drug-likeness (QED) is 0.538. The van der Waals surface area contributed by atoms with Gasteiger partial charge in [0.25, 0.3) is 5.91 Å². The minimum atomic E-state index is -3.74. The Morgan fingerprint density at radius 1 is 1.10 bits per heavy atom. The number of carbonyl (C=O) groups is 3. The fourth-order valence-corrected chi connectivity index (χ4v) is 4.04. The van der Waals surface area contributed by atoms with Gasteiger partial charge in [-0.3, -0.25) is 14.9 Å². The Balaban J connectivity index is 1.67. The molecule has 1 aromatic carbocycles. The third kappa shape index (κ3) is 7.47. The Labute approximate surface area is 170 Å². The normalized spacial score (nSPS) is 14.4. The highest BCUT2D eigenvalue weighted by molar-refractivity contribution is 7.89. The van der Waals surface area contributed by atoms with E-state index in [4.69, 9.17) is 4.74 Å². The second-order valence-electron chi connectivity index (χ2n) is 7.06. The van der Waals surface area contributed by atoms with Crippen LogP contribution in [0.25, 0.3) is 0 Å². The SMILES string of the molecule is Cc1ccc(S(=O)(=O)NCCC(=O)OCC(=O)NC(=O)NC2CCCC2)cc1C. The average molecular weight is 426 g/mol. The number of sulfonamides is 1. The number of hydrogen-bond donors (Lipinski definition) is 3. The van der Waals surface area contributed by atoms with E-state index in [1.54, 1.807) is 12.1 Å². The first-order chi connectivity index (χ1) is 13.7. The van der Waals surface area contributed by atoms with Crippen LogP contribution in [0, 0.1) is 13.8 Å². The summed E-state index contributed by atoms with van der Waals surface area (Å²) in [4.78, 5) is 35.1. The van der Waals surface area contributed by atoms with Crippen LogP contribution in [-0.2, 0) is 24.3 Å². The fourth-order valence-electron chi connectivity index (χ4n) is 2.92. The molecular formula is C19H27N3O6S. The van der Waals surface area contributed by atoms with Gasteiger partial charge in [0.15, 0.2) is 6.61 Å². The first-order valence-electron chi connectivity index (χ1n) is 9.50. The van der Waals surface area contributed by atoms with E-state index >= 15 is 0 Å². The van der Waals surface area contributed by atoms with Crippen molar-refractivity contribution < 1.29 is 27.5 Å². The molecule has 29 heavy (non-hydrogen) atoms. The predicted molar refractivity (Wildman–Crippen MR) is 106 cm³/mol. The van der Waals surface area contributed by atoms with Gasteiger partial charge in [-0.2, -0.15) is 0 Å². The maximum atomic E-state index is 12.2. The molecule has 1 aliphatic rings. The molecule has 1 saturated carbocycles. The molecule has 2 rings (SSSR count). The van der Waals surface area contributed by atoms with E-state index in [9.17, 15) is 22.8 Å². The Morgan fingerprint density at radius 3 is 2.45 bits per heavy atom. The number of ether oxygens (including phenoxy) is 1. The van der Waals surface area contributed by atoms with E-state index in [2.05, 4.69) is 15.4 Å². The second-order valence-corrected chi connectivity index (χ2v) is 8.82. The van der Waals surface area contributed by atoms with E-state index in [-0.39, 0.29) is 23.9 Å². The summed E-state index contributed by atoms with van der Waals surface area (Å²) >= 11 is 0. The second kappa shape index (κ2) is 10.4. The summed E-state index contributed by atoms with van der Waals surface area (Å²) in [5, 5.41) is 4.78. The van der Waals surface area contributed by atoms with E-state index in [1.807, 2.05) is 13.8 Å². The lowest BCUT2D eigenvalue weighted by atomic mass is 10.1. The molecule has 1 fully saturated rings. The average Bonchev–Trinajstić information content (AvgIpc) is 3.14. The van der Waals surface area contributed by atoms with Crippen molar-refractivity contribution in [1.29, 1.82) is 0 Å². The molecule has 9 nitrogen and oxygen atoms in total. The summed E-state index contributed by atoms with van der Waals surface area (Å²) in [5.74, 6) is -1.50. The Bertz CT molecular complexity index is 863. The highest BCUT2D eigenvalue weighted by atomic mass is 32.2. The first kappa shape index (κ1) is 22.8. The summed E-state index contributed by atoms with van der Waals surface area (Å²) in [6.07, 6.45) is 3.61. The third-order valence-electron chi connectivity index (χ3n) is 4.72. The number of hydrogen-bond acceptors (Lipinski definition) is 6. The van der Waals surface area contributed by atoms with Crippen molar-refractivity contribution in [3.63, 3.8) is 0 Å². The summed E-state index contributed by atoms with van der Waals surface area (Å²) < 4.78 is 31.6. The molecule has 0 heterocycles. The van der Waals surface area contributed by atoms with Gasteiger partial charge >= 0.3 is 12.0 Å². The standard InChI is InChI=1S/C19H27N3O6S/c1-13-7-8-16(11-14(13)2)29(26,27)20-10-9-18(24)28-12-17(23)22-19(25)21-15-5-3-4-6-15/h7-8,11,15,20H,3-6,9-10,12H2,1-2H3,(H2,21,22,23,25). The van der Waals surface area contributed by atoms with E-state index in [0.717, 1.165) is 36.8 Å². The maximum absolute atomic E-state index is 12.2. The number of benzene rings is 1. The summed E-state index contributed by atoms with van der Waals surface area (Å²) in [5.41, 5.74) is 1.82. The highest BCUT2D eigenvalue weighted by Gasteiger charge is 2.19. The zero-order valence-corrected chi connectivity index (χ0v) is 17.4. The zero-order valence-electron chi connectivity index (χ0n) is 16.6. The van der Waals surface area contributed by atoms with Crippen molar-refractivity contribution in [2.75, 3.05) is 13.2 Å². The minimum Gasteiger partial charge on any atom is -0.456 e. The molecule has 0 atom stereocenters. The summed E-state index contributed by atoms with van der Waals surface area (Å²) in [7, 11) is -3.74. The Kier molecular flexibility index (Phi) is 8.15. The molecular weight excluding hydrogens is 398 g/mol. The molecule has 1 aliphatic carbocycles. The van der Waals surface area contributed by atoms with Gasteiger partial charge < -0.3 is 10.1 Å². The zero-order chi connectivity index (χ0) is 21.4. The van der Waals surface area contributed by atoms with Crippen LogP contribution in [0.4, 0.5) is 4.79 Å². The molecule has 0 aromatic heterocycles. The number of esters is 1. The van der Waals surface area contributed by atoms with Crippen LogP contribution >= 0.6 is 0 Å². The van der Waals surface area contributed by atoms with E-state index < -0.39 is 34.5 Å². The number of carbonyl (C=O) groups excluding carboxylic acids is 3. The van der Waals surface area contributed by atoms with Gasteiger partial charge in [0.1, 0.15) is 0 Å². The van der Waals surface area contributed by atoms with Crippen molar-refractivity contribution in [2.24, 2.45) is 0 Å². The van der Waals surface area contributed by atoms with Crippen LogP contribution < -0.4 is 15.4 Å². The van der Waals surface area contributed by atoms with Crippen molar-refractivity contribution >= 4 is 27.9 Å². The Morgan fingerprint density at radius 2 is 1.79 bits per heavy atom. The molecule has 10 heteroatoms. The van der Waals surface area contributed by atoms with Crippen LogP contribution in [0.5, 0.6) is 0 Å². The number of amides is 3. The molecule has 0 saturated heterocycles.